The van der Waals surface area contributed by atoms with Crippen LogP contribution in [0.3, 0.4) is 0 Å². The molecule has 0 aromatic heterocycles. The Hall–Kier alpha value is -0.0800. The summed E-state index contributed by atoms with van der Waals surface area (Å²) in [5.74, 6) is 0. The van der Waals surface area contributed by atoms with Crippen molar-refractivity contribution in [3.63, 3.8) is 0 Å². The molecule has 1 aliphatic carbocycles. The molecule has 0 aromatic carbocycles. The Morgan fingerprint density at radius 2 is 2.00 bits per heavy atom. The molecule has 1 heterocycles. The van der Waals surface area contributed by atoms with E-state index in [-0.39, 0.29) is 0 Å². The highest BCUT2D eigenvalue weighted by atomic mass is 15.2. The first kappa shape index (κ1) is 7.56. The third-order valence-corrected chi connectivity index (χ3v) is 3.70. The first-order chi connectivity index (χ1) is 5.26. The van der Waals surface area contributed by atoms with Crippen molar-refractivity contribution < 1.29 is 0 Å². The van der Waals surface area contributed by atoms with Crippen LogP contribution in [-0.4, -0.2) is 30.1 Å². The lowest BCUT2D eigenvalue weighted by atomic mass is 9.90. The van der Waals surface area contributed by atoms with Gasteiger partial charge in [0, 0.05) is 11.6 Å². The van der Waals surface area contributed by atoms with E-state index in [9.17, 15) is 0 Å². The predicted octanol–water partition coefficient (Wildman–Crippen LogP) is 0.962. The molecular weight excluding hydrogens is 136 g/mol. The monoisotopic (exact) mass is 154 g/mol. The number of likely N-dealkylation sites (N-methyl/N-ethyl adjacent to an activating group) is 1. The first-order valence-electron chi connectivity index (χ1n) is 4.72. The van der Waals surface area contributed by atoms with Crippen molar-refractivity contribution in [2.45, 2.75) is 43.7 Å². The Bertz CT molecular complexity index is 138. The molecule has 2 fully saturated rings. The first-order valence-corrected chi connectivity index (χ1v) is 4.72. The van der Waals surface area contributed by atoms with Crippen molar-refractivity contribution in [1.82, 2.24) is 4.90 Å². The Labute approximate surface area is 68.7 Å². The fraction of sp³-hybridized carbons (Fsp3) is 1.00. The molecule has 64 valence electrons. The Kier molecular flexibility index (Phi) is 1.69. The molecule has 1 saturated heterocycles. The third kappa shape index (κ3) is 0.926. The predicted molar refractivity (Wildman–Crippen MR) is 46.4 cm³/mol. The van der Waals surface area contributed by atoms with E-state index < -0.39 is 0 Å². The molecule has 0 aromatic rings. The van der Waals surface area contributed by atoms with E-state index in [0.29, 0.717) is 11.6 Å². The van der Waals surface area contributed by atoms with Crippen LogP contribution in [0.2, 0.25) is 0 Å². The molecule has 2 aliphatic rings. The molecule has 1 aliphatic heterocycles. The van der Waals surface area contributed by atoms with Gasteiger partial charge in [0.2, 0.25) is 0 Å². The molecule has 2 nitrogen and oxygen atoms in total. The Morgan fingerprint density at radius 3 is 2.45 bits per heavy atom. The van der Waals surface area contributed by atoms with E-state index in [4.69, 9.17) is 5.73 Å². The van der Waals surface area contributed by atoms with Crippen molar-refractivity contribution in [1.29, 1.82) is 0 Å². The lowest BCUT2D eigenvalue weighted by Gasteiger charge is -2.35. The van der Waals surface area contributed by atoms with E-state index in [0.717, 1.165) is 0 Å². The lowest BCUT2D eigenvalue weighted by molar-refractivity contribution is 0.165. The third-order valence-electron chi connectivity index (χ3n) is 3.70. The summed E-state index contributed by atoms with van der Waals surface area (Å²) < 4.78 is 0. The average molecular weight is 154 g/mol. The van der Waals surface area contributed by atoms with Crippen molar-refractivity contribution in [2.24, 2.45) is 5.73 Å². The minimum atomic E-state index is 0.417. The number of nitrogens with two attached hydrogens (primary N) is 1. The summed E-state index contributed by atoms with van der Waals surface area (Å²) in [5, 5.41) is 0. The number of likely N-dealkylation sites (tertiary alicyclic amines) is 1. The van der Waals surface area contributed by atoms with Gasteiger partial charge in [0.1, 0.15) is 0 Å². The van der Waals surface area contributed by atoms with Crippen molar-refractivity contribution in [3.8, 4) is 0 Å². The van der Waals surface area contributed by atoms with Gasteiger partial charge in [-0.3, -0.25) is 4.90 Å². The van der Waals surface area contributed by atoms with Crippen LogP contribution in [0, 0.1) is 0 Å². The van der Waals surface area contributed by atoms with Gasteiger partial charge in [0.05, 0.1) is 0 Å². The van der Waals surface area contributed by atoms with Crippen LogP contribution in [0.4, 0.5) is 0 Å². The van der Waals surface area contributed by atoms with Gasteiger partial charge in [-0.25, -0.2) is 0 Å². The van der Waals surface area contributed by atoms with Gasteiger partial charge in [-0.1, -0.05) is 12.8 Å². The van der Waals surface area contributed by atoms with Crippen LogP contribution in [0.25, 0.3) is 0 Å². The summed E-state index contributed by atoms with van der Waals surface area (Å²) in [4.78, 5) is 2.49. The number of hydrogen-bond acceptors (Lipinski definition) is 2. The summed E-state index contributed by atoms with van der Waals surface area (Å²) in [7, 11) is 2.23. The smallest absolute Gasteiger partial charge is 0.0357 e. The summed E-state index contributed by atoms with van der Waals surface area (Å²) in [5.41, 5.74) is 6.54. The fourth-order valence-electron chi connectivity index (χ4n) is 2.85. The second kappa shape index (κ2) is 2.46. The maximum Gasteiger partial charge on any atom is 0.0357 e. The zero-order chi connectivity index (χ0) is 7.90. The maximum absolute atomic E-state index is 6.12. The van der Waals surface area contributed by atoms with Crippen LogP contribution >= 0.6 is 0 Å². The van der Waals surface area contributed by atoms with E-state index >= 15 is 0 Å². The second-order valence-electron chi connectivity index (χ2n) is 4.13. The summed E-state index contributed by atoms with van der Waals surface area (Å²) >= 11 is 0. The molecular formula is C9H18N2. The molecule has 1 atom stereocenters. The maximum atomic E-state index is 6.12. The van der Waals surface area contributed by atoms with E-state index in [1.807, 2.05) is 0 Å². The molecule has 1 unspecified atom stereocenters. The standard InChI is InChI=1S/C9H18N2/c1-11-7-4-8(10)9(11)5-2-3-6-9/h8H,2-7,10H2,1H3. The minimum absolute atomic E-state index is 0.417. The topological polar surface area (TPSA) is 29.3 Å². The zero-order valence-corrected chi connectivity index (χ0v) is 7.34. The molecule has 1 spiro atoms. The highest BCUT2D eigenvalue weighted by Crippen LogP contribution is 2.41. The molecule has 2 N–H and O–H groups in total. The van der Waals surface area contributed by atoms with Crippen LogP contribution in [0.1, 0.15) is 32.1 Å². The zero-order valence-electron chi connectivity index (χ0n) is 7.34. The average Bonchev–Trinajstić information content (AvgIpc) is 2.56. The summed E-state index contributed by atoms with van der Waals surface area (Å²) in [6.45, 7) is 1.21. The van der Waals surface area contributed by atoms with Crippen molar-refractivity contribution >= 4 is 0 Å². The van der Waals surface area contributed by atoms with E-state index in [2.05, 4.69) is 11.9 Å². The number of rotatable bonds is 0. The lowest BCUT2D eigenvalue weighted by Crippen LogP contribution is -2.49. The largest absolute Gasteiger partial charge is 0.326 e. The molecule has 0 bridgehead atoms. The molecule has 1 saturated carbocycles. The van der Waals surface area contributed by atoms with E-state index in [1.54, 1.807) is 0 Å². The van der Waals surface area contributed by atoms with E-state index in [1.165, 1.54) is 38.6 Å². The molecule has 2 heteroatoms. The van der Waals surface area contributed by atoms with Crippen molar-refractivity contribution in [3.05, 3.63) is 0 Å². The van der Waals surface area contributed by atoms with Crippen LogP contribution in [0.15, 0.2) is 0 Å². The summed E-state index contributed by atoms with van der Waals surface area (Å²) in [6.07, 6.45) is 6.65. The quantitative estimate of drug-likeness (QED) is 0.563. The highest BCUT2D eigenvalue weighted by molar-refractivity contribution is 5.05. The van der Waals surface area contributed by atoms with Gasteiger partial charge in [-0.05, 0) is 32.9 Å². The molecule has 0 radical (unpaired) electrons. The van der Waals surface area contributed by atoms with Gasteiger partial charge in [0.25, 0.3) is 0 Å². The van der Waals surface area contributed by atoms with Crippen LogP contribution < -0.4 is 5.73 Å². The summed E-state index contributed by atoms with van der Waals surface area (Å²) in [6, 6.07) is 0.454. The van der Waals surface area contributed by atoms with Gasteiger partial charge in [-0.2, -0.15) is 0 Å². The van der Waals surface area contributed by atoms with Crippen LogP contribution in [-0.2, 0) is 0 Å². The fourth-order valence-corrected chi connectivity index (χ4v) is 2.85. The Balaban J connectivity index is 2.19. The highest BCUT2D eigenvalue weighted by Gasteiger charge is 2.46. The number of hydrogen-bond donors (Lipinski definition) is 1. The molecule has 2 rings (SSSR count). The van der Waals surface area contributed by atoms with Crippen molar-refractivity contribution in [2.75, 3.05) is 13.6 Å². The van der Waals surface area contributed by atoms with Gasteiger partial charge < -0.3 is 5.73 Å². The Morgan fingerprint density at radius 1 is 1.36 bits per heavy atom. The molecule has 11 heavy (non-hydrogen) atoms. The minimum Gasteiger partial charge on any atom is -0.326 e. The van der Waals surface area contributed by atoms with Gasteiger partial charge in [-0.15, -0.1) is 0 Å². The van der Waals surface area contributed by atoms with Gasteiger partial charge in [0.15, 0.2) is 0 Å². The van der Waals surface area contributed by atoms with Crippen LogP contribution in [0.5, 0.6) is 0 Å². The van der Waals surface area contributed by atoms with Gasteiger partial charge >= 0.3 is 0 Å². The number of nitrogens with zero attached hydrogens (tertiary/aromatic N) is 1. The normalized spacial score (nSPS) is 37.1. The second-order valence-corrected chi connectivity index (χ2v) is 4.13. The SMILES string of the molecule is CN1CCC(N)C12CCCC2. The molecule has 0 amide bonds.